The summed E-state index contributed by atoms with van der Waals surface area (Å²) in [5.74, 6) is 0.965. The summed E-state index contributed by atoms with van der Waals surface area (Å²) in [5, 5.41) is 1.12. The second-order valence-corrected chi connectivity index (χ2v) is 5.20. The van der Waals surface area contributed by atoms with Gasteiger partial charge in [-0.25, -0.2) is 9.97 Å². The molecule has 2 aromatic rings. The van der Waals surface area contributed by atoms with E-state index in [0.717, 1.165) is 16.0 Å². The van der Waals surface area contributed by atoms with Crippen LogP contribution in [0.3, 0.4) is 0 Å². The molecule has 2 rings (SSSR count). The summed E-state index contributed by atoms with van der Waals surface area (Å²) in [7, 11) is 2.02. The van der Waals surface area contributed by atoms with Crippen LogP contribution in [0.4, 0.5) is 5.82 Å². The van der Waals surface area contributed by atoms with Crippen LogP contribution in [0.25, 0.3) is 10.2 Å². The number of thiophene rings is 1. The summed E-state index contributed by atoms with van der Waals surface area (Å²) in [6.45, 7) is 4.79. The first-order chi connectivity index (χ1) is 7.63. The third-order valence-corrected chi connectivity index (χ3v) is 3.73. The highest BCUT2D eigenvalue weighted by atomic mass is 32.1. The molecule has 2 aromatic heterocycles. The SMILES string of the molecule is Cc1cc2c(N(C)C(C)CN)ncnc2s1. The molecule has 86 valence electrons. The molecule has 0 aliphatic heterocycles. The third kappa shape index (κ3) is 1.88. The molecule has 5 heteroatoms. The monoisotopic (exact) mass is 236 g/mol. The van der Waals surface area contributed by atoms with Gasteiger partial charge in [0.15, 0.2) is 0 Å². The van der Waals surface area contributed by atoms with Crippen molar-refractivity contribution in [3.8, 4) is 0 Å². The standard InChI is InChI=1S/C11H16N4S/c1-7(5-12)15(3)10-9-4-8(2)16-11(9)14-6-13-10/h4,6-7H,5,12H2,1-3H3. The van der Waals surface area contributed by atoms with Crippen LogP contribution in [-0.4, -0.2) is 29.6 Å². The molecule has 2 heterocycles. The van der Waals surface area contributed by atoms with Crippen LogP contribution in [0.2, 0.25) is 0 Å². The van der Waals surface area contributed by atoms with Crippen molar-refractivity contribution >= 4 is 27.4 Å². The molecule has 0 saturated carbocycles. The van der Waals surface area contributed by atoms with E-state index >= 15 is 0 Å². The van der Waals surface area contributed by atoms with Crippen molar-refractivity contribution < 1.29 is 0 Å². The highest BCUT2D eigenvalue weighted by Gasteiger charge is 2.14. The molecule has 0 amide bonds. The number of nitrogens with two attached hydrogens (primary N) is 1. The molecule has 0 fully saturated rings. The average molecular weight is 236 g/mol. The number of rotatable bonds is 3. The van der Waals surface area contributed by atoms with E-state index in [1.54, 1.807) is 17.7 Å². The van der Waals surface area contributed by atoms with Crippen molar-refractivity contribution in [3.05, 3.63) is 17.3 Å². The summed E-state index contributed by atoms with van der Waals surface area (Å²) in [4.78, 5) is 13.0. The van der Waals surface area contributed by atoms with Gasteiger partial charge in [0.05, 0.1) is 5.39 Å². The molecule has 0 aromatic carbocycles. The number of hydrogen-bond donors (Lipinski definition) is 1. The molecular weight excluding hydrogens is 220 g/mol. The zero-order chi connectivity index (χ0) is 11.7. The maximum absolute atomic E-state index is 5.68. The molecule has 1 atom stereocenters. The lowest BCUT2D eigenvalue weighted by atomic mass is 10.2. The van der Waals surface area contributed by atoms with Gasteiger partial charge in [-0.2, -0.15) is 0 Å². The van der Waals surface area contributed by atoms with Crippen LogP contribution in [0.5, 0.6) is 0 Å². The molecular formula is C11H16N4S. The quantitative estimate of drug-likeness (QED) is 0.882. The smallest absolute Gasteiger partial charge is 0.140 e. The van der Waals surface area contributed by atoms with E-state index < -0.39 is 0 Å². The number of aromatic nitrogens is 2. The summed E-state index contributed by atoms with van der Waals surface area (Å²) in [6, 6.07) is 2.41. The highest BCUT2D eigenvalue weighted by Crippen LogP contribution is 2.29. The Bertz CT molecular complexity index is 494. The van der Waals surface area contributed by atoms with E-state index in [2.05, 4.69) is 34.8 Å². The molecule has 0 spiro atoms. The topological polar surface area (TPSA) is 55.0 Å². The highest BCUT2D eigenvalue weighted by molar-refractivity contribution is 7.18. The van der Waals surface area contributed by atoms with Crippen LogP contribution in [0.15, 0.2) is 12.4 Å². The van der Waals surface area contributed by atoms with Gasteiger partial charge in [0.1, 0.15) is 17.0 Å². The van der Waals surface area contributed by atoms with Gasteiger partial charge in [-0.15, -0.1) is 11.3 Å². The van der Waals surface area contributed by atoms with Gasteiger partial charge < -0.3 is 10.6 Å². The Morgan fingerprint density at radius 1 is 1.50 bits per heavy atom. The van der Waals surface area contributed by atoms with Gasteiger partial charge in [0, 0.05) is 24.5 Å². The van der Waals surface area contributed by atoms with E-state index in [4.69, 9.17) is 5.73 Å². The third-order valence-electron chi connectivity index (χ3n) is 2.77. The average Bonchev–Trinajstić information content (AvgIpc) is 2.66. The minimum Gasteiger partial charge on any atom is -0.355 e. The van der Waals surface area contributed by atoms with E-state index in [0.29, 0.717) is 6.54 Å². The number of hydrogen-bond acceptors (Lipinski definition) is 5. The molecule has 0 saturated heterocycles. The van der Waals surface area contributed by atoms with Crippen molar-refractivity contribution in [3.63, 3.8) is 0 Å². The van der Waals surface area contributed by atoms with Gasteiger partial charge in [-0.05, 0) is 19.9 Å². The summed E-state index contributed by atoms with van der Waals surface area (Å²) < 4.78 is 0. The normalized spacial score (nSPS) is 13.0. The first-order valence-electron chi connectivity index (χ1n) is 5.27. The summed E-state index contributed by atoms with van der Waals surface area (Å²) in [6.07, 6.45) is 1.62. The number of nitrogens with zero attached hydrogens (tertiary/aromatic N) is 3. The number of fused-ring (bicyclic) bond motifs is 1. The van der Waals surface area contributed by atoms with E-state index in [9.17, 15) is 0 Å². The fourth-order valence-corrected chi connectivity index (χ4v) is 2.45. The Balaban J connectivity index is 2.51. The zero-order valence-corrected chi connectivity index (χ0v) is 10.6. The lowest BCUT2D eigenvalue weighted by molar-refractivity contribution is 0.689. The molecule has 4 nitrogen and oxygen atoms in total. The first kappa shape index (κ1) is 11.3. The number of likely N-dealkylation sites (N-methyl/N-ethyl adjacent to an activating group) is 1. The molecule has 0 bridgehead atoms. The number of anilines is 1. The predicted octanol–water partition coefficient (Wildman–Crippen LogP) is 1.78. The molecule has 16 heavy (non-hydrogen) atoms. The largest absolute Gasteiger partial charge is 0.355 e. The maximum atomic E-state index is 5.68. The fraction of sp³-hybridized carbons (Fsp3) is 0.455. The Morgan fingerprint density at radius 3 is 2.94 bits per heavy atom. The zero-order valence-electron chi connectivity index (χ0n) is 9.77. The van der Waals surface area contributed by atoms with Crippen LogP contribution in [-0.2, 0) is 0 Å². The van der Waals surface area contributed by atoms with Gasteiger partial charge in [0.25, 0.3) is 0 Å². The van der Waals surface area contributed by atoms with Crippen LogP contribution >= 0.6 is 11.3 Å². The Labute approximate surface area is 99.1 Å². The Hall–Kier alpha value is -1.20. The van der Waals surface area contributed by atoms with E-state index in [1.807, 2.05) is 7.05 Å². The lowest BCUT2D eigenvalue weighted by Gasteiger charge is -2.24. The lowest BCUT2D eigenvalue weighted by Crippen LogP contribution is -2.35. The van der Waals surface area contributed by atoms with E-state index in [-0.39, 0.29) is 6.04 Å². The van der Waals surface area contributed by atoms with Crippen molar-refractivity contribution in [1.82, 2.24) is 9.97 Å². The van der Waals surface area contributed by atoms with Crippen LogP contribution in [0, 0.1) is 6.92 Å². The number of aryl methyl sites for hydroxylation is 1. The molecule has 2 N–H and O–H groups in total. The minimum atomic E-state index is 0.276. The van der Waals surface area contributed by atoms with Gasteiger partial charge >= 0.3 is 0 Å². The Morgan fingerprint density at radius 2 is 2.25 bits per heavy atom. The molecule has 0 aliphatic rings. The first-order valence-corrected chi connectivity index (χ1v) is 6.09. The van der Waals surface area contributed by atoms with Crippen molar-refractivity contribution in [2.75, 3.05) is 18.5 Å². The summed E-state index contributed by atoms with van der Waals surface area (Å²) in [5.41, 5.74) is 5.68. The Kier molecular flexibility index (Phi) is 3.07. The second kappa shape index (κ2) is 4.35. The minimum absolute atomic E-state index is 0.276. The summed E-state index contributed by atoms with van der Waals surface area (Å²) >= 11 is 1.69. The molecule has 0 radical (unpaired) electrons. The van der Waals surface area contributed by atoms with Crippen molar-refractivity contribution in [2.24, 2.45) is 5.73 Å². The maximum Gasteiger partial charge on any atom is 0.140 e. The van der Waals surface area contributed by atoms with Gasteiger partial charge in [-0.3, -0.25) is 0 Å². The van der Waals surface area contributed by atoms with Crippen molar-refractivity contribution in [1.29, 1.82) is 0 Å². The van der Waals surface area contributed by atoms with Gasteiger partial charge in [0.2, 0.25) is 0 Å². The predicted molar refractivity (Wildman–Crippen MR) is 69.1 cm³/mol. The fourth-order valence-electron chi connectivity index (χ4n) is 1.61. The van der Waals surface area contributed by atoms with Crippen LogP contribution < -0.4 is 10.6 Å². The second-order valence-electron chi connectivity index (χ2n) is 3.97. The molecule has 1 unspecified atom stereocenters. The van der Waals surface area contributed by atoms with E-state index in [1.165, 1.54) is 4.88 Å². The molecule has 0 aliphatic carbocycles. The van der Waals surface area contributed by atoms with Crippen molar-refractivity contribution in [2.45, 2.75) is 19.9 Å². The van der Waals surface area contributed by atoms with Crippen LogP contribution in [0.1, 0.15) is 11.8 Å². The van der Waals surface area contributed by atoms with Gasteiger partial charge in [-0.1, -0.05) is 0 Å².